The molecule has 1 aliphatic carbocycles. The molecule has 3 heterocycles. The number of hydrogen-bond donors (Lipinski definition) is 3. The third-order valence-corrected chi connectivity index (χ3v) is 6.67. The first-order valence-corrected chi connectivity index (χ1v) is 12.0. The van der Waals surface area contributed by atoms with Crippen molar-refractivity contribution in [2.75, 3.05) is 36.5 Å². The summed E-state index contributed by atoms with van der Waals surface area (Å²) in [4.78, 5) is 23.3. The van der Waals surface area contributed by atoms with Gasteiger partial charge in [-0.2, -0.15) is 0 Å². The molecule has 8 heteroatoms. The number of ether oxygens (including phenoxy) is 1. The fourth-order valence-electron chi connectivity index (χ4n) is 4.65. The van der Waals surface area contributed by atoms with E-state index in [1.165, 1.54) is 19.3 Å². The summed E-state index contributed by atoms with van der Waals surface area (Å²) >= 11 is 0. The molecule has 1 unspecified atom stereocenters. The number of aromatic nitrogens is 2. The summed E-state index contributed by atoms with van der Waals surface area (Å²) in [5.41, 5.74) is 9.18. The molecule has 2 aromatic rings. The van der Waals surface area contributed by atoms with Gasteiger partial charge in [0.2, 0.25) is 0 Å². The van der Waals surface area contributed by atoms with Gasteiger partial charge >= 0.3 is 5.97 Å². The van der Waals surface area contributed by atoms with Gasteiger partial charge < -0.3 is 25.8 Å². The highest BCUT2D eigenvalue weighted by atomic mass is 16.5. The maximum Gasteiger partial charge on any atom is 0.354 e. The van der Waals surface area contributed by atoms with Gasteiger partial charge in [-0.15, -0.1) is 0 Å². The van der Waals surface area contributed by atoms with E-state index in [-0.39, 0.29) is 23.7 Å². The molecule has 2 fully saturated rings. The van der Waals surface area contributed by atoms with Crippen molar-refractivity contribution in [1.82, 2.24) is 9.97 Å². The summed E-state index contributed by atoms with van der Waals surface area (Å²) in [6.45, 7) is 7.15. The van der Waals surface area contributed by atoms with Crippen LogP contribution in [0.15, 0.2) is 24.4 Å². The van der Waals surface area contributed by atoms with Crippen molar-refractivity contribution in [3.05, 3.63) is 35.7 Å². The molecule has 1 aliphatic heterocycles. The van der Waals surface area contributed by atoms with Gasteiger partial charge in [-0.1, -0.05) is 33.1 Å². The summed E-state index contributed by atoms with van der Waals surface area (Å²) in [7, 11) is 0. The van der Waals surface area contributed by atoms with Crippen molar-refractivity contribution in [2.24, 2.45) is 11.7 Å². The van der Waals surface area contributed by atoms with E-state index in [2.05, 4.69) is 34.0 Å². The van der Waals surface area contributed by atoms with Crippen molar-refractivity contribution in [3.8, 4) is 11.1 Å². The molecule has 0 spiro atoms. The molecule has 0 amide bonds. The second-order valence-corrected chi connectivity index (χ2v) is 9.38. The number of morpholine rings is 1. The zero-order chi connectivity index (χ0) is 23.4. The van der Waals surface area contributed by atoms with Crippen molar-refractivity contribution in [2.45, 2.75) is 58.0 Å². The molecule has 8 nitrogen and oxygen atoms in total. The zero-order valence-electron chi connectivity index (χ0n) is 19.6. The summed E-state index contributed by atoms with van der Waals surface area (Å²) in [6, 6.07) is 5.61. The quantitative estimate of drug-likeness (QED) is 0.575. The van der Waals surface area contributed by atoms with Crippen LogP contribution in [-0.4, -0.2) is 53.4 Å². The van der Waals surface area contributed by atoms with Gasteiger partial charge in [-0.3, -0.25) is 0 Å². The fourth-order valence-corrected chi connectivity index (χ4v) is 4.65. The van der Waals surface area contributed by atoms with E-state index >= 15 is 0 Å². The number of rotatable bonds is 7. The lowest BCUT2D eigenvalue weighted by atomic mass is 9.89. The Hall–Kier alpha value is -2.71. The van der Waals surface area contributed by atoms with Gasteiger partial charge in [0.15, 0.2) is 5.69 Å². The predicted octanol–water partition coefficient (Wildman–Crippen LogP) is 4.08. The highest BCUT2D eigenvalue weighted by Crippen LogP contribution is 2.37. The molecule has 1 saturated heterocycles. The largest absolute Gasteiger partial charge is 0.477 e. The Morgan fingerprint density at radius 1 is 1.21 bits per heavy atom. The average molecular weight is 454 g/mol. The molecule has 0 radical (unpaired) electrons. The minimum absolute atomic E-state index is 0.0141. The van der Waals surface area contributed by atoms with Crippen molar-refractivity contribution in [1.29, 1.82) is 0 Å². The lowest BCUT2D eigenvalue weighted by molar-refractivity contribution is 0.0690. The first-order chi connectivity index (χ1) is 15.9. The molecule has 1 saturated carbocycles. The summed E-state index contributed by atoms with van der Waals surface area (Å²) in [6.07, 6.45) is 7.50. The number of carboxylic acids is 1. The molecule has 2 aromatic heterocycles. The third kappa shape index (κ3) is 5.45. The van der Waals surface area contributed by atoms with Gasteiger partial charge in [0.1, 0.15) is 11.6 Å². The number of nitrogens with one attached hydrogen (secondary N) is 1. The monoisotopic (exact) mass is 453 g/mol. The van der Waals surface area contributed by atoms with Crippen LogP contribution in [0.3, 0.4) is 0 Å². The van der Waals surface area contributed by atoms with Gasteiger partial charge in [0.05, 0.1) is 13.2 Å². The molecule has 178 valence electrons. The first-order valence-electron chi connectivity index (χ1n) is 12.0. The molecular weight excluding hydrogens is 418 g/mol. The Labute approximate surface area is 195 Å². The van der Waals surface area contributed by atoms with Crippen LogP contribution >= 0.6 is 0 Å². The second-order valence-electron chi connectivity index (χ2n) is 9.38. The van der Waals surface area contributed by atoms with E-state index in [1.54, 1.807) is 6.07 Å². The molecule has 0 aromatic carbocycles. The predicted molar refractivity (Wildman–Crippen MR) is 130 cm³/mol. The van der Waals surface area contributed by atoms with E-state index in [1.807, 2.05) is 18.3 Å². The molecule has 4 N–H and O–H groups in total. The molecule has 0 bridgehead atoms. The number of hydrogen-bond acceptors (Lipinski definition) is 7. The standard InChI is InChI=1S/C25H35N5O3/c1-16(2)23(26)22-19(17-8-9-21(27-15-17)30-10-12-33-13-11-30)14-20(25(31)32)29-24(22)28-18-6-4-3-5-7-18/h8-9,14-16,18,23H,3-7,10-13,26H2,1-2H3,(H,28,29)(H,31,32). The van der Waals surface area contributed by atoms with Gasteiger partial charge in [0.25, 0.3) is 0 Å². The van der Waals surface area contributed by atoms with Crippen LogP contribution in [0, 0.1) is 5.92 Å². The Bertz CT molecular complexity index is 951. The number of carboxylic acid groups (broad SMARTS) is 1. The smallest absolute Gasteiger partial charge is 0.354 e. The van der Waals surface area contributed by atoms with E-state index in [0.29, 0.717) is 19.0 Å². The van der Waals surface area contributed by atoms with E-state index in [4.69, 9.17) is 10.5 Å². The fraction of sp³-hybridized carbons (Fsp3) is 0.560. The summed E-state index contributed by atoms with van der Waals surface area (Å²) in [5, 5.41) is 13.3. The Balaban J connectivity index is 1.76. The Morgan fingerprint density at radius 3 is 2.55 bits per heavy atom. The highest BCUT2D eigenvalue weighted by Gasteiger charge is 2.26. The van der Waals surface area contributed by atoms with Crippen LogP contribution in [0.4, 0.5) is 11.6 Å². The van der Waals surface area contributed by atoms with E-state index in [0.717, 1.165) is 48.4 Å². The van der Waals surface area contributed by atoms with Crippen molar-refractivity contribution in [3.63, 3.8) is 0 Å². The second kappa shape index (κ2) is 10.5. The van der Waals surface area contributed by atoms with Crippen LogP contribution in [0.1, 0.15) is 68.0 Å². The van der Waals surface area contributed by atoms with Crippen molar-refractivity contribution >= 4 is 17.6 Å². The first kappa shape index (κ1) is 23.4. The number of aromatic carboxylic acids is 1. The van der Waals surface area contributed by atoms with Gasteiger partial charge in [-0.25, -0.2) is 14.8 Å². The van der Waals surface area contributed by atoms with E-state index in [9.17, 15) is 9.90 Å². The van der Waals surface area contributed by atoms with E-state index < -0.39 is 5.97 Å². The third-order valence-electron chi connectivity index (χ3n) is 6.67. The number of carbonyl (C=O) groups is 1. The number of anilines is 2. The number of nitrogens with two attached hydrogens (primary N) is 1. The highest BCUT2D eigenvalue weighted by molar-refractivity contribution is 5.89. The van der Waals surface area contributed by atoms with Crippen LogP contribution in [0.25, 0.3) is 11.1 Å². The summed E-state index contributed by atoms with van der Waals surface area (Å²) in [5.74, 6) is 0.597. The maximum atomic E-state index is 11.9. The lowest BCUT2D eigenvalue weighted by Gasteiger charge is -2.29. The van der Waals surface area contributed by atoms with Gasteiger partial charge in [0, 0.05) is 42.5 Å². The molecule has 1 atom stereocenters. The Morgan fingerprint density at radius 2 is 1.94 bits per heavy atom. The van der Waals surface area contributed by atoms with Crippen LogP contribution in [0.5, 0.6) is 0 Å². The van der Waals surface area contributed by atoms with Crippen LogP contribution in [0.2, 0.25) is 0 Å². The number of nitrogens with zero attached hydrogens (tertiary/aromatic N) is 3. The van der Waals surface area contributed by atoms with Crippen molar-refractivity contribution < 1.29 is 14.6 Å². The van der Waals surface area contributed by atoms with Crippen LogP contribution in [-0.2, 0) is 4.74 Å². The Kier molecular flexibility index (Phi) is 7.45. The molecule has 2 aliphatic rings. The maximum absolute atomic E-state index is 11.9. The average Bonchev–Trinajstić information content (AvgIpc) is 2.84. The molecule has 33 heavy (non-hydrogen) atoms. The minimum atomic E-state index is -1.05. The van der Waals surface area contributed by atoms with Crippen LogP contribution < -0.4 is 16.0 Å². The minimum Gasteiger partial charge on any atom is -0.477 e. The topological polar surface area (TPSA) is 114 Å². The number of pyridine rings is 2. The molecule has 4 rings (SSSR count). The normalized spacial score (nSPS) is 18.4. The molecular formula is C25H35N5O3. The summed E-state index contributed by atoms with van der Waals surface area (Å²) < 4.78 is 5.44. The lowest BCUT2D eigenvalue weighted by Crippen LogP contribution is -2.36. The zero-order valence-corrected chi connectivity index (χ0v) is 19.6. The SMILES string of the molecule is CC(C)C(N)c1c(-c2ccc(N3CCOCC3)nc2)cc(C(=O)O)nc1NC1CCCCC1. The van der Waals surface area contributed by atoms with Gasteiger partial charge in [-0.05, 0) is 42.5 Å².